The van der Waals surface area contributed by atoms with Crippen LogP contribution in [0.2, 0.25) is 0 Å². The Morgan fingerprint density at radius 2 is 1.81 bits per heavy atom. The zero-order valence-electron chi connectivity index (χ0n) is 17.9. The van der Waals surface area contributed by atoms with Crippen molar-refractivity contribution in [1.29, 1.82) is 0 Å². The van der Waals surface area contributed by atoms with Crippen LogP contribution in [0, 0.1) is 5.82 Å². The first-order valence-electron chi connectivity index (χ1n) is 10.1. The number of Topliss-reactive ketones (excluding diaryl/α,β-unsaturated/α-hetero) is 1. The van der Waals surface area contributed by atoms with Crippen LogP contribution in [0.5, 0.6) is 5.88 Å². The number of amides is 1. The van der Waals surface area contributed by atoms with E-state index >= 15 is 0 Å². The van der Waals surface area contributed by atoms with E-state index in [1.807, 2.05) is 6.07 Å². The lowest BCUT2D eigenvalue weighted by Gasteiger charge is -2.17. The Balaban J connectivity index is 1.67. The summed E-state index contributed by atoms with van der Waals surface area (Å²) in [6.45, 7) is 1.76. The summed E-state index contributed by atoms with van der Waals surface area (Å²) in [5, 5.41) is 0. The maximum Gasteiger partial charge on any atom is 0.226 e. The van der Waals surface area contributed by atoms with Gasteiger partial charge in [-0.1, -0.05) is 37.3 Å². The fourth-order valence-electron chi connectivity index (χ4n) is 3.25. The molecule has 0 saturated carbocycles. The van der Waals surface area contributed by atoms with Crippen LogP contribution < -0.4 is 9.64 Å². The molecule has 0 fully saturated rings. The summed E-state index contributed by atoms with van der Waals surface area (Å²) in [7, 11) is 3.18. The van der Waals surface area contributed by atoms with E-state index in [1.54, 1.807) is 69.7 Å². The fraction of sp³-hybridized carbons (Fsp3) is 0.240. The van der Waals surface area contributed by atoms with Gasteiger partial charge in [0, 0.05) is 49.0 Å². The lowest BCUT2D eigenvalue weighted by molar-refractivity contribution is -0.118. The van der Waals surface area contributed by atoms with E-state index in [2.05, 4.69) is 4.98 Å². The Hall–Kier alpha value is -3.54. The quantitative estimate of drug-likeness (QED) is 0.477. The highest BCUT2D eigenvalue weighted by Gasteiger charge is 2.13. The van der Waals surface area contributed by atoms with Gasteiger partial charge in [0.15, 0.2) is 5.78 Å². The molecule has 160 valence electrons. The van der Waals surface area contributed by atoms with Crippen LogP contribution in [-0.2, 0) is 11.2 Å². The lowest BCUT2D eigenvalue weighted by Crippen LogP contribution is -2.25. The minimum atomic E-state index is -0.417. The molecule has 0 spiro atoms. The number of halogens is 1. The van der Waals surface area contributed by atoms with Crippen molar-refractivity contribution in [1.82, 2.24) is 4.98 Å². The predicted molar refractivity (Wildman–Crippen MR) is 119 cm³/mol. The van der Waals surface area contributed by atoms with Gasteiger partial charge in [-0.05, 0) is 35.7 Å². The number of benzene rings is 2. The smallest absolute Gasteiger partial charge is 0.226 e. The summed E-state index contributed by atoms with van der Waals surface area (Å²) < 4.78 is 19.7. The van der Waals surface area contributed by atoms with E-state index in [0.717, 1.165) is 5.56 Å². The number of ketones is 1. The van der Waals surface area contributed by atoms with Gasteiger partial charge in [0.25, 0.3) is 0 Å². The monoisotopic (exact) mass is 420 g/mol. The summed E-state index contributed by atoms with van der Waals surface area (Å²) in [5.41, 5.74) is 3.14. The zero-order chi connectivity index (χ0) is 22.4. The van der Waals surface area contributed by atoms with Crippen molar-refractivity contribution < 1.29 is 18.7 Å². The summed E-state index contributed by atoms with van der Waals surface area (Å²) in [6.07, 6.45) is 2.99. The summed E-state index contributed by atoms with van der Waals surface area (Å²) in [5.74, 6) is 0.0483. The first-order chi connectivity index (χ1) is 14.9. The number of aromatic nitrogens is 1. The molecule has 6 heteroatoms. The maximum absolute atomic E-state index is 14.7. The number of nitrogens with zero attached hydrogens (tertiary/aromatic N) is 2. The fourth-order valence-corrected chi connectivity index (χ4v) is 3.25. The van der Waals surface area contributed by atoms with Crippen LogP contribution in [-0.4, -0.2) is 30.8 Å². The minimum absolute atomic E-state index is 0.0119. The minimum Gasteiger partial charge on any atom is -0.481 e. The normalized spacial score (nSPS) is 10.6. The third-order valence-electron chi connectivity index (χ3n) is 5.18. The number of carbonyl (C=O) groups is 2. The summed E-state index contributed by atoms with van der Waals surface area (Å²) >= 11 is 0. The second kappa shape index (κ2) is 9.98. The molecular weight excluding hydrogens is 395 g/mol. The van der Waals surface area contributed by atoms with Crippen LogP contribution in [0.25, 0.3) is 11.1 Å². The van der Waals surface area contributed by atoms with Crippen molar-refractivity contribution in [3.05, 3.63) is 77.7 Å². The largest absolute Gasteiger partial charge is 0.481 e. The molecule has 1 heterocycles. The molecule has 0 radical (unpaired) electrons. The molecule has 0 bridgehead atoms. The first-order valence-corrected chi connectivity index (χ1v) is 10.1. The molecule has 0 atom stereocenters. The molecule has 31 heavy (non-hydrogen) atoms. The number of aryl methyl sites for hydroxylation is 1. The first kappa shape index (κ1) is 22.2. The van der Waals surface area contributed by atoms with Crippen LogP contribution in [0.4, 0.5) is 10.1 Å². The predicted octanol–water partition coefficient (Wildman–Crippen LogP) is 5.08. The van der Waals surface area contributed by atoms with Gasteiger partial charge in [-0.3, -0.25) is 9.59 Å². The third kappa shape index (κ3) is 5.34. The van der Waals surface area contributed by atoms with Crippen molar-refractivity contribution in [3.63, 3.8) is 0 Å². The van der Waals surface area contributed by atoms with Crippen LogP contribution in [0.3, 0.4) is 0 Å². The van der Waals surface area contributed by atoms with Crippen LogP contribution in [0.1, 0.15) is 35.7 Å². The molecule has 0 saturated heterocycles. The Morgan fingerprint density at radius 1 is 1.06 bits per heavy atom. The molecule has 0 N–H and O–H groups in total. The molecule has 5 nitrogen and oxygen atoms in total. The highest BCUT2D eigenvalue weighted by molar-refractivity contribution is 5.96. The Kier molecular flexibility index (Phi) is 7.13. The van der Waals surface area contributed by atoms with E-state index in [0.29, 0.717) is 47.5 Å². The molecule has 0 unspecified atom stereocenters. The highest BCUT2D eigenvalue weighted by atomic mass is 19.1. The standard InChI is InChI=1S/C25H25FN2O3/c1-4-25(30)28(2)20-11-12-21(22(26)15-20)18-7-9-19(10-8-18)23(29)13-5-17-6-14-24(31-3)27-16-17/h6-12,14-16H,4-5,13H2,1-3H3. The number of pyridine rings is 1. The van der Waals surface area contributed by atoms with E-state index in [1.165, 1.54) is 11.0 Å². The van der Waals surface area contributed by atoms with Crippen molar-refractivity contribution in [2.75, 3.05) is 19.1 Å². The SMILES string of the molecule is CCC(=O)N(C)c1ccc(-c2ccc(C(=O)CCc3ccc(OC)nc3)cc2)c(F)c1. The van der Waals surface area contributed by atoms with E-state index in [9.17, 15) is 14.0 Å². The summed E-state index contributed by atoms with van der Waals surface area (Å²) in [4.78, 5) is 29.9. The van der Waals surface area contributed by atoms with Crippen molar-refractivity contribution in [3.8, 4) is 17.0 Å². The average Bonchev–Trinajstić information content (AvgIpc) is 2.81. The number of methoxy groups -OCH3 is 1. The topological polar surface area (TPSA) is 59.5 Å². The number of ether oxygens (including phenoxy) is 1. The third-order valence-corrected chi connectivity index (χ3v) is 5.18. The van der Waals surface area contributed by atoms with Crippen molar-refractivity contribution >= 4 is 17.4 Å². The number of anilines is 1. The van der Waals surface area contributed by atoms with Gasteiger partial charge in [0.05, 0.1) is 7.11 Å². The number of carbonyl (C=O) groups excluding carboxylic acids is 2. The Morgan fingerprint density at radius 3 is 2.39 bits per heavy atom. The Bertz CT molecular complexity index is 1060. The van der Waals surface area contributed by atoms with Gasteiger partial charge in [0.2, 0.25) is 11.8 Å². The number of hydrogen-bond acceptors (Lipinski definition) is 4. The van der Waals surface area contributed by atoms with Gasteiger partial charge in [-0.25, -0.2) is 9.37 Å². The summed E-state index contributed by atoms with van der Waals surface area (Å²) in [6, 6.07) is 15.3. The lowest BCUT2D eigenvalue weighted by atomic mass is 9.99. The van der Waals surface area contributed by atoms with Gasteiger partial charge < -0.3 is 9.64 Å². The number of hydrogen-bond donors (Lipinski definition) is 0. The van der Waals surface area contributed by atoms with Gasteiger partial charge in [-0.15, -0.1) is 0 Å². The van der Waals surface area contributed by atoms with Gasteiger partial charge >= 0.3 is 0 Å². The molecule has 0 aliphatic carbocycles. The van der Waals surface area contributed by atoms with E-state index < -0.39 is 5.82 Å². The zero-order valence-corrected chi connectivity index (χ0v) is 17.9. The van der Waals surface area contributed by atoms with E-state index in [4.69, 9.17) is 4.74 Å². The molecule has 2 aromatic carbocycles. The molecule has 1 amide bonds. The number of rotatable bonds is 8. The molecule has 3 aromatic rings. The van der Waals surface area contributed by atoms with Crippen molar-refractivity contribution in [2.45, 2.75) is 26.2 Å². The van der Waals surface area contributed by atoms with Crippen LogP contribution in [0.15, 0.2) is 60.8 Å². The van der Waals surface area contributed by atoms with E-state index in [-0.39, 0.29) is 11.7 Å². The molecule has 3 rings (SSSR count). The Labute approximate surface area is 181 Å². The molecule has 0 aliphatic heterocycles. The highest BCUT2D eigenvalue weighted by Crippen LogP contribution is 2.27. The molecule has 1 aromatic heterocycles. The van der Waals surface area contributed by atoms with Gasteiger partial charge in [0.1, 0.15) is 5.82 Å². The average molecular weight is 420 g/mol. The van der Waals surface area contributed by atoms with Gasteiger partial charge in [-0.2, -0.15) is 0 Å². The second-order valence-electron chi connectivity index (χ2n) is 7.18. The maximum atomic E-state index is 14.7. The van der Waals surface area contributed by atoms with Crippen molar-refractivity contribution in [2.24, 2.45) is 0 Å². The second-order valence-corrected chi connectivity index (χ2v) is 7.18. The van der Waals surface area contributed by atoms with Crippen LogP contribution >= 0.6 is 0 Å². The molecule has 0 aliphatic rings. The molecular formula is C25H25FN2O3.